The molecule has 172 valence electrons. The third-order valence-electron chi connectivity index (χ3n) is 6.15. The van der Waals surface area contributed by atoms with E-state index in [4.69, 9.17) is 3.07 Å². The van der Waals surface area contributed by atoms with Crippen LogP contribution < -0.4 is 10.7 Å². The molecule has 3 aromatic carbocycles. The van der Waals surface area contributed by atoms with Crippen molar-refractivity contribution in [1.82, 2.24) is 14.8 Å². The fraction of sp³-hybridized carbons (Fsp3) is 0.0690. The number of hydrogen-bond donors (Lipinski definition) is 0. The molecule has 0 bridgehead atoms. The molecule has 0 spiro atoms. The van der Waals surface area contributed by atoms with Crippen molar-refractivity contribution in [3.63, 3.8) is 0 Å². The zero-order valence-electron chi connectivity index (χ0n) is 19.6. The second kappa shape index (κ2) is 9.88. The SMILES string of the molecule is Cc1nn(-c2ccccn2)c(C)c1C(=O)[O][Sn]([c]1ccccc1)([c]1ccccc1)[c]1ccccc1. The van der Waals surface area contributed by atoms with Gasteiger partial charge in [0.15, 0.2) is 0 Å². The number of rotatable bonds is 6. The number of hydrogen-bond acceptors (Lipinski definition) is 4. The number of benzene rings is 3. The Hall–Kier alpha value is -3.71. The van der Waals surface area contributed by atoms with Crippen LogP contribution in [0.25, 0.3) is 5.82 Å². The Morgan fingerprint density at radius 2 is 1.20 bits per heavy atom. The monoisotopic (exact) mass is 567 g/mol. The molecule has 0 fully saturated rings. The van der Waals surface area contributed by atoms with Crippen molar-refractivity contribution in [1.29, 1.82) is 0 Å². The van der Waals surface area contributed by atoms with E-state index in [9.17, 15) is 4.79 Å². The van der Waals surface area contributed by atoms with Gasteiger partial charge in [-0.3, -0.25) is 0 Å². The van der Waals surface area contributed by atoms with E-state index in [1.807, 2.05) is 86.6 Å². The molecule has 0 radical (unpaired) electrons. The quantitative estimate of drug-likeness (QED) is 0.295. The molecule has 6 heteroatoms. The van der Waals surface area contributed by atoms with Gasteiger partial charge in [-0.25, -0.2) is 0 Å². The van der Waals surface area contributed by atoms with Gasteiger partial charge in [-0.2, -0.15) is 0 Å². The third kappa shape index (κ3) is 4.28. The Balaban J connectivity index is 1.69. The van der Waals surface area contributed by atoms with E-state index in [0.29, 0.717) is 22.8 Å². The molecule has 35 heavy (non-hydrogen) atoms. The van der Waals surface area contributed by atoms with Crippen LogP contribution in [0.15, 0.2) is 115 Å². The van der Waals surface area contributed by atoms with Gasteiger partial charge < -0.3 is 0 Å². The Bertz CT molecular complexity index is 1340. The first kappa shape index (κ1) is 23.1. The van der Waals surface area contributed by atoms with Crippen molar-refractivity contribution in [2.24, 2.45) is 0 Å². The van der Waals surface area contributed by atoms with E-state index in [2.05, 4.69) is 46.5 Å². The minimum absolute atomic E-state index is 0.352. The molecule has 0 saturated heterocycles. The molecule has 5 aromatic rings. The van der Waals surface area contributed by atoms with Crippen molar-refractivity contribution < 1.29 is 7.87 Å². The van der Waals surface area contributed by atoms with Crippen LogP contribution in [-0.2, 0) is 3.07 Å². The molecule has 0 amide bonds. The minimum atomic E-state index is -4.23. The summed E-state index contributed by atoms with van der Waals surface area (Å²) in [4.78, 5) is 18.4. The van der Waals surface area contributed by atoms with Crippen LogP contribution in [0.5, 0.6) is 0 Å². The maximum atomic E-state index is 14.0. The molecule has 0 atom stereocenters. The van der Waals surface area contributed by atoms with Gasteiger partial charge in [0.2, 0.25) is 0 Å². The first-order valence-corrected chi connectivity index (χ1v) is 16.9. The Labute approximate surface area is 209 Å². The van der Waals surface area contributed by atoms with Gasteiger partial charge in [0.25, 0.3) is 0 Å². The van der Waals surface area contributed by atoms with E-state index < -0.39 is 18.8 Å². The van der Waals surface area contributed by atoms with E-state index in [0.717, 1.165) is 10.7 Å². The molecule has 5 rings (SSSR count). The second-order valence-electron chi connectivity index (χ2n) is 8.31. The maximum absolute atomic E-state index is 14.0. The number of nitrogens with zero attached hydrogens (tertiary/aromatic N) is 3. The number of aryl methyl sites for hydroxylation is 1. The van der Waals surface area contributed by atoms with Crippen LogP contribution in [0.4, 0.5) is 0 Å². The predicted molar refractivity (Wildman–Crippen MR) is 140 cm³/mol. The van der Waals surface area contributed by atoms with Crippen molar-refractivity contribution in [2.75, 3.05) is 0 Å². The van der Waals surface area contributed by atoms with Crippen molar-refractivity contribution in [3.05, 3.63) is 132 Å². The average molecular weight is 566 g/mol. The predicted octanol–water partition coefficient (Wildman–Crippen LogP) is 3.71. The second-order valence-corrected chi connectivity index (χ2v) is 17.7. The number of carbonyl (C=O) groups is 1. The van der Waals surface area contributed by atoms with Crippen LogP contribution in [0.1, 0.15) is 21.7 Å². The van der Waals surface area contributed by atoms with Gasteiger partial charge in [0, 0.05) is 0 Å². The van der Waals surface area contributed by atoms with Crippen LogP contribution in [0.2, 0.25) is 0 Å². The Kier molecular flexibility index (Phi) is 6.50. The van der Waals surface area contributed by atoms with E-state index in [-0.39, 0.29) is 5.97 Å². The van der Waals surface area contributed by atoms with Crippen LogP contribution in [0.3, 0.4) is 0 Å². The van der Waals surface area contributed by atoms with Crippen LogP contribution in [0, 0.1) is 13.8 Å². The van der Waals surface area contributed by atoms with Crippen molar-refractivity contribution >= 4 is 35.5 Å². The molecule has 0 unspecified atom stereocenters. The number of carbonyl (C=O) groups excluding carboxylic acids is 1. The molecule has 5 nitrogen and oxygen atoms in total. The van der Waals surface area contributed by atoms with Crippen LogP contribution in [-0.4, -0.2) is 39.5 Å². The summed E-state index contributed by atoms with van der Waals surface area (Å²) >= 11 is -4.23. The molecule has 0 saturated carbocycles. The summed E-state index contributed by atoms with van der Waals surface area (Å²) < 4.78 is 11.7. The molecule has 0 aliphatic heterocycles. The standard InChI is InChI=1S/C11H11N3O2.3C6H5.Sn/c1-7-10(11(15)16)8(2)14(13-7)9-5-3-4-6-12-9;3*1-2-4-6-5-3-1;/h3-6H,1-2H3,(H,15,16);3*1-5H;/q;;;;+1/p-1. The van der Waals surface area contributed by atoms with Crippen molar-refractivity contribution in [2.45, 2.75) is 13.8 Å². The summed E-state index contributed by atoms with van der Waals surface area (Å²) in [5.41, 5.74) is 1.81. The first-order chi connectivity index (χ1) is 17.1. The van der Waals surface area contributed by atoms with E-state index in [1.54, 1.807) is 10.9 Å². The first-order valence-electron chi connectivity index (χ1n) is 11.5. The van der Waals surface area contributed by atoms with E-state index >= 15 is 0 Å². The summed E-state index contributed by atoms with van der Waals surface area (Å²) in [7, 11) is 0. The molecule has 0 N–H and O–H groups in total. The molecule has 0 aliphatic rings. The molecular formula is C29H25N3O2Sn. The number of aromatic nitrogens is 3. The summed E-state index contributed by atoms with van der Waals surface area (Å²) in [6.07, 6.45) is 1.71. The molecule has 2 aromatic heterocycles. The average Bonchev–Trinajstić information content (AvgIpc) is 3.23. The summed E-state index contributed by atoms with van der Waals surface area (Å²) in [6, 6.07) is 36.2. The third-order valence-corrected chi connectivity index (χ3v) is 17.4. The molecule has 2 heterocycles. The number of pyridine rings is 1. The fourth-order valence-electron chi connectivity index (χ4n) is 4.53. The zero-order chi connectivity index (χ0) is 24.3. The summed E-state index contributed by atoms with van der Waals surface area (Å²) in [5.74, 6) is 0.311. The molecular weight excluding hydrogens is 541 g/mol. The Morgan fingerprint density at radius 3 is 1.66 bits per heavy atom. The normalized spacial score (nSPS) is 11.3. The van der Waals surface area contributed by atoms with Crippen molar-refractivity contribution in [3.8, 4) is 5.82 Å². The van der Waals surface area contributed by atoms with Gasteiger partial charge in [0.05, 0.1) is 0 Å². The summed E-state index contributed by atoms with van der Waals surface area (Å²) in [6.45, 7) is 3.73. The van der Waals surface area contributed by atoms with Gasteiger partial charge in [0.1, 0.15) is 0 Å². The fourth-order valence-corrected chi connectivity index (χ4v) is 15.1. The van der Waals surface area contributed by atoms with Gasteiger partial charge in [-0.05, 0) is 0 Å². The molecule has 0 aliphatic carbocycles. The van der Waals surface area contributed by atoms with Gasteiger partial charge >= 0.3 is 210 Å². The van der Waals surface area contributed by atoms with E-state index in [1.165, 1.54) is 0 Å². The topological polar surface area (TPSA) is 57.0 Å². The van der Waals surface area contributed by atoms with Crippen LogP contribution >= 0.6 is 0 Å². The Morgan fingerprint density at radius 1 is 0.714 bits per heavy atom. The van der Waals surface area contributed by atoms with Gasteiger partial charge in [-0.1, -0.05) is 0 Å². The zero-order valence-corrected chi connectivity index (χ0v) is 22.5. The van der Waals surface area contributed by atoms with Gasteiger partial charge in [-0.15, -0.1) is 0 Å². The summed E-state index contributed by atoms with van der Waals surface area (Å²) in [5, 5.41) is 4.63.